The van der Waals surface area contributed by atoms with Crippen LogP contribution < -0.4 is 18.9 Å². The van der Waals surface area contributed by atoms with E-state index in [2.05, 4.69) is 84.9 Å². The molecule has 17 heteroatoms. The summed E-state index contributed by atoms with van der Waals surface area (Å²) in [4.78, 5) is 41.9. The normalized spacial score (nSPS) is 42.4. The summed E-state index contributed by atoms with van der Waals surface area (Å²) >= 11 is 3.44. The Morgan fingerprint density at radius 3 is 1.21 bits per heavy atom. The number of hydrogen-bond donors (Lipinski definition) is 3. The van der Waals surface area contributed by atoms with Crippen molar-refractivity contribution in [3.05, 3.63) is 24.3 Å². The van der Waals surface area contributed by atoms with E-state index >= 15 is 0 Å². The van der Waals surface area contributed by atoms with Crippen molar-refractivity contribution in [2.75, 3.05) is 33.8 Å². The lowest BCUT2D eigenvalue weighted by molar-refractivity contribution is -0.158. The van der Waals surface area contributed by atoms with Gasteiger partial charge < -0.3 is 34.3 Å². The number of ether oxygens (including phenoxy) is 4. The largest absolute Gasteiger partial charge is 0.497 e. The average molecular weight is 1520 g/mol. The molecule has 4 aromatic rings. The average Bonchev–Trinajstić information content (AvgIpc) is 1.71. The fourth-order valence-electron chi connectivity index (χ4n) is 28.8. The van der Waals surface area contributed by atoms with Crippen LogP contribution in [0.5, 0.6) is 23.0 Å². The third-order valence-electron chi connectivity index (χ3n) is 33.8. The van der Waals surface area contributed by atoms with Crippen LogP contribution >= 0.6 is 15.9 Å². The molecule has 2 aromatic carbocycles. The van der Waals surface area contributed by atoms with E-state index in [0.717, 1.165) is 119 Å². The van der Waals surface area contributed by atoms with Gasteiger partial charge in [0.2, 0.25) is 0 Å². The van der Waals surface area contributed by atoms with E-state index in [-0.39, 0.29) is 80.9 Å². The van der Waals surface area contributed by atoms with E-state index < -0.39 is 16.8 Å². The molecule has 12 aliphatic carbocycles. The minimum atomic E-state index is -0.496. The summed E-state index contributed by atoms with van der Waals surface area (Å²) in [5, 5.41) is 50.9. The Morgan fingerprint density at radius 2 is 0.829 bits per heavy atom. The van der Waals surface area contributed by atoms with Crippen molar-refractivity contribution in [3.63, 3.8) is 0 Å². The quantitative estimate of drug-likeness (QED) is 0.0946. The van der Waals surface area contributed by atoms with E-state index in [9.17, 15) is 29.7 Å². The van der Waals surface area contributed by atoms with E-state index in [1.165, 1.54) is 109 Å². The summed E-state index contributed by atoms with van der Waals surface area (Å²) in [5.41, 5.74) is 2.93. The van der Waals surface area contributed by atoms with Gasteiger partial charge in [0.1, 0.15) is 35.9 Å². The van der Waals surface area contributed by atoms with Gasteiger partial charge >= 0.3 is 0 Å². The molecule has 12 saturated carbocycles. The first-order valence-corrected chi connectivity index (χ1v) is 41.9. The molecule has 0 spiro atoms. The van der Waals surface area contributed by atoms with Crippen LogP contribution in [0.25, 0.3) is 22.1 Å². The van der Waals surface area contributed by atoms with Gasteiger partial charge in [-0.15, -0.1) is 10.2 Å². The van der Waals surface area contributed by atoms with Crippen molar-refractivity contribution in [1.82, 2.24) is 30.0 Å². The predicted molar refractivity (Wildman–Crippen MR) is 422 cm³/mol. The van der Waals surface area contributed by atoms with Gasteiger partial charge in [-0.3, -0.25) is 14.4 Å². The molecular weight excluding hydrogens is 1380 g/mol. The van der Waals surface area contributed by atoms with Gasteiger partial charge in [-0.2, -0.15) is 9.90 Å². The van der Waals surface area contributed by atoms with Crippen molar-refractivity contribution in [3.8, 4) is 23.0 Å². The number of benzene rings is 2. The number of ketones is 3. The third-order valence-corrected chi connectivity index (χ3v) is 34.3. The SMILES string of the molecule is C.C.C.CC[C@]12CC[C@@](C)(O)C[C@@H]1CC[C@H]1[C@@H]3CC[C@H](C(=O)CBr)[C@@]3(C)CC[C@@H]12.CC[C@]12CC[C@@](C)(O)C[C@@H]1CC[C@H]1[C@@H]3CC[C@H](C(=O)Cn4nc5cc(OC)cc(OC)c5n4)[C@@]3(C)CC[C@@H]12.CC[C@]12CC[C@@](C)(O)C[C@@H]1CC[C@H]1[C@@H]3CC[C@H](C(=O)Cn4nnc5c(OC)cc(OC)cc54)[C@@]3(C)CC[C@@H]12. The molecule has 0 amide bonds. The maximum absolute atomic E-state index is 13.9. The standard InChI is InChI=1S/2C31H45N3O4.C23H37BrO2.3CH4/c1-6-31-14-13-29(2,36)17-19(31)7-8-21-22-9-10-24(30(22,3)12-11-23(21)31)26(35)18-34-25-15-20(37-4)16-27(38-5)28(25)32-33-34;1-6-31-14-13-29(2,36)17-19(31)7-8-21-22-9-10-24(30(22,3)12-11-23(21)31)26(35)18-34-32-25-15-20(37-4)16-27(38-5)28(25)33-34;1-4-23-12-11-21(2,26)13-15(23)5-6-16-17-7-8-19(20(25)14-24)22(17,3)10-9-18(16)23;;;/h2*15-16,19,21-24,36H,6-14,17-18H2,1-5H3;15-19,26H,4-14H2,1-3H3;3*1H4/t2*19-,21-,22-,23-,24+,29+,30-,31-;15-,16-,17-,18-,19+,21+,22-,23-;;;/m000.../s1. The Balaban J connectivity index is 0.000000158. The lowest BCUT2D eigenvalue weighted by Gasteiger charge is -2.63. The second-order valence-electron chi connectivity index (χ2n) is 37.7. The molecule has 0 saturated heterocycles. The van der Waals surface area contributed by atoms with Crippen LogP contribution in [0.1, 0.15) is 277 Å². The lowest BCUT2D eigenvalue weighted by Crippen LogP contribution is -2.56. The summed E-state index contributed by atoms with van der Waals surface area (Å²) in [6.07, 6.45) is 34.7. The highest BCUT2D eigenvalue weighted by molar-refractivity contribution is 9.09. The zero-order valence-electron chi connectivity index (χ0n) is 64.6. The summed E-state index contributed by atoms with van der Waals surface area (Å²) in [5.74, 6) is 12.5. The minimum Gasteiger partial charge on any atom is -0.497 e. The number of Topliss-reactive ketones (excluding diaryl/α,β-unsaturated/α-hetero) is 3. The first kappa shape index (κ1) is 81.8. The van der Waals surface area contributed by atoms with Crippen molar-refractivity contribution >= 4 is 55.3 Å². The molecular formula is C88H139BrN6O10. The van der Waals surface area contributed by atoms with Crippen LogP contribution in [0.15, 0.2) is 24.3 Å². The summed E-state index contributed by atoms with van der Waals surface area (Å²) in [6.45, 7) is 21.1. The second-order valence-corrected chi connectivity index (χ2v) is 38.3. The second kappa shape index (κ2) is 30.5. The molecule has 3 N–H and O–H groups in total. The summed E-state index contributed by atoms with van der Waals surface area (Å²) in [6, 6.07) is 7.33. The topological polar surface area (TPSA) is 210 Å². The molecule has 0 radical (unpaired) electrons. The van der Waals surface area contributed by atoms with Crippen LogP contribution in [0.3, 0.4) is 0 Å². The molecule has 105 heavy (non-hydrogen) atoms. The molecule has 24 atom stereocenters. The minimum absolute atomic E-state index is 0. The molecule has 12 fully saturated rings. The Bertz CT molecular complexity index is 3740. The van der Waals surface area contributed by atoms with E-state index in [1.807, 2.05) is 26.0 Å². The number of nitrogens with zero attached hydrogens (tertiary/aromatic N) is 6. The highest BCUT2D eigenvalue weighted by atomic mass is 79.9. The maximum Gasteiger partial charge on any atom is 0.159 e. The van der Waals surface area contributed by atoms with Crippen molar-refractivity contribution in [2.45, 2.75) is 307 Å². The zero-order valence-corrected chi connectivity index (χ0v) is 66.2. The number of aromatic nitrogens is 6. The molecule has 588 valence electrons. The molecule has 0 unspecified atom stereocenters. The predicted octanol–water partition coefficient (Wildman–Crippen LogP) is 19.3. The monoisotopic (exact) mass is 1520 g/mol. The number of hydrogen-bond acceptors (Lipinski definition) is 14. The highest BCUT2D eigenvalue weighted by Crippen LogP contribution is 2.73. The fraction of sp³-hybridized carbons (Fsp3) is 0.830. The molecule has 0 aliphatic heterocycles. The maximum atomic E-state index is 13.9. The molecule has 0 bridgehead atoms. The van der Waals surface area contributed by atoms with Crippen molar-refractivity contribution in [2.24, 2.45) is 121 Å². The Labute approximate surface area is 639 Å². The van der Waals surface area contributed by atoms with Gasteiger partial charge in [-0.1, -0.05) is 85.0 Å². The van der Waals surface area contributed by atoms with Crippen LogP contribution in [-0.4, -0.2) is 113 Å². The van der Waals surface area contributed by atoms with Gasteiger partial charge in [0, 0.05) is 42.0 Å². The van der Waals surface area contributed by atoms with Crippen molar-refractivity contribution < 1.29 is 48.7 Å². The molecule has 2 heterocycles. The first-order valence-electron chi connectivity index (χ1n) is 40.8. The zero-order chi connectivity index (χ0) is 72.5. The smallest absolute Gasteiger partial charge is 0.159 e. The number of carbonyl (C=O) groups excluding carboxylic acids is 3. The Hall–Kier alpha value is -4.19. The third kappa shape index (κ3) is 13.7. The number of rotatable bonds is 15. The Morgan fingerprint density at radius 1 is 0.448 bits per heavy atom. The molecule has 2 aromatic heterocycles. The van der Waals surface area contributed by atoms with Gasteiger partial charge in [-0.25, -0.2) is 4.68 Å². The summed E-state index contributed by atoms with van der Waals surface area (Å²) in [7, 11) is 6.47. The molecule has 16 nitrogen and oxygen atoms in total. The van der Waals surface area contributed by atoms with E-state index in [4.69, 9.17) is 18.9 Å². The van der Waals surface area contributed by atoms with E-state index in [0.29, 0.717) is 108 Å². The van der Waals surface area contributed by atoms with Crippen LogP contribution in [-0.2, 0) is 27.5 Å². The van der Waals surface area contributed by atoms with Crippen molar-refractivity contribution in [1.29, 1.82) is 0 Å². The van der Waals surface area contributed by atoms with Gasteiger partial charge in [-0.05, 0) is 317 Å². The molecule has 12 aliphatic rings. The molecule has 16 rings (SSSR count). The number of alkyl halides is 1. The fourth-order valence-corrected chi connectivity index (χ4v) is 29.2. The number of methoxy groups -OCH3 is 4. The first-order chi connectivity index (χ1) is 48.6. The Kier molecular flexibility index (Phi) is 23.7. The van der Waals surface area contributed by atoms with Gasteiger partial charge in [0.05, 0.1) is 56.1 Å². The van der Waals surface area contributed by atoms with Gasteiger partial charge in [0.15, 0.2) is 34.1 Å². The number of fused-ring (bicyclic) bond motifs is 17. The van der Waals surface area contributed by atoms with Gasteiger partial charge in [0.25, 0.3) is 0 Å². The summed E-state index contributed by atoms with van der Waals surface area (Å²) < 4.78 is 23.5. The van der Waals surface area contributed by atoms with Crippen LogP contribution in [0.4, 0.5) is 0 Å². The van der Waals surface area contributed by atoms with Crippen LogP contribution in [0, 0.1) is 121 Å². The number of carbonyl (C=O) groups is 3. The van der Waals surface area contributed by atoms with E-state index in [1.54, 1.807) is 50.1 Å². The lowest BCUT2D eigenvalue weighted by atomic mass is 9.42. The van der Waals surface area contributed by atoms with Crippen LogP contribution in [0.2, 0.25) is 0 Å². The number of aliphatic hydroxyl groups is 3. The highest BCUT2D eigenvalue weighted by Gasteiger charge is 2.66. The number of halogens is 1.